The standard InChI is InChI=1S/C11H12F3NO/c12-9-6-7(16-11(13)14)3-4-8(9)10-2-1-5-15-10/h3-4,6,10-11,15H,1-2,5H2. The first-order chi connectivity index (χ1) is 7.66. The quantitative estimate of drug-likeness (QED) is 0.863. The van der Waals surface area contributed by atoms with Gasteiger partial charge in [-0.15, -0.1) is 0 Å². The van der Waals surface area contributed by atoms with E-state index >= 15 is 0 Å². The molecule has 0 bridgehead atoms. The Bertz CT molecular complexity index is 364. The van der Waals surface area contributed by atoms with Crippen molar-refractivity contribution in [2.45, 2.75) is 25.5 Å². The van der Waals surface area contributed by atoms with Crippen LogP contribution in [-0.2, 0) is 0 Å². The lowest BCUT2D eigenvalue weighted by Gasteiger charge is -2.12. The van der Waals surface area contributed by atoms with Crippen molar-refractivity contribution in [3.8, 4) is 5.75 Å². The molecule has 88 valence electrons. The lowest BCUT2D eigenvalue weighted by atomic mass is 10.0. The first-order valence-electron chi connectivity index (χ1n) is 5.14. The highest BCUT2D eigenvalue weighted by atomic mass is 19.3. The van der Waals surface area contributed by atoms with Crippen LogP contribution >= 0.6 is 0 Å². The molecular weight excluding hydrogens is 219 g/mol. The van der Waals surface area contributed by atoms with Crippen LogP contribution in [0.25, 0.3) is 0 Å². The van der Waals surface area contributed by atoms with E-state index in [1.807, 2.05) is 0 Å². The summed E-state index contributed by atoms with van der Waals surface area (Å²) in [4.78, 5) is 0. The number of alkyl halides is 2. The lowest BCUT2D eigenvalue weighted by Crippen LogP contribution is -2.14. The van der Waals surface area contributed by atoms with Crippen molar-refractivity contribution in [3.05, 3.63) is 29.6 Å². The van der Waals surface area contributed by atoms with Crippen LogP contribution in [-0.4, -0.2) is 13.2 Å². The van der Waals surface area contributed by atoms with E-state index in [-0.39, 0.29) is 11.8 Å². The Morgan fingerprint density at radius 1 is 1.38 bits per heavy atom. The molecular formula is C11H12F3NO. The second kappa shape index (κ2) is 4.74. The van der Waals surface area contributed by atoms with Gasteiger partial charge in [-0.05, 0) is 25.5 Å². The molecule has 1 aromatic rings. The van der Waals surface area contributed by atoms with Crippen molar-refractivity contribution in [2.24, 2.45) is 0 Å². The summed E-state index contributed by atoms with van der Waals surface area (Å²) in [5, 5.41) is 3.14. The summed E-state index contributed by atoms with van der Waals surface area (Å²) in [6, 6.07) is 3.85. The minimum Gasteiger partial charge on any atom is -0.435 e. The number of benzene rings is 1. The molecule has 1 aliphatic heterocycles. The van der Waals surface area contributed by atoms with Crippen molar-refractivity contribution >= 4 is 0 Å². The average molecular weight is 231 g/mol. The minimum absolute atomic E-state index is 0.0133. The number of rotatable bonds is 3. The second-order valence-corrected chi connectivity index (χ2v) is 3.71. The lowest BCUT2D eigenvalue weighted by molar-refractivity contribution is -0.0500. The van der Waals surface area contributed by atoms with Gasteiger partial charge < -0.3 is 10.1 Å². The zero-order chi connectivity index (χ0) is 11.5. The fraction of sp³-hybridized carbons (Fsp3) is 0.455. The zero-order valence-corrected chi connectivity index (χ0v) is 8.55. The molecule has 0 radical (unpaired) electrons. The fourth-order valence-electron chi connectivity index (χ4n) is 1.92. The maximum absolute atomic E-state index is 13.6. The molecule has 0 amide bonds. The third-order valence-corrected chi connectivity index (χ3v) is 2.63. The van der Waals surface area contributed by atoms with Gasteiger partial charge in [-0.2, -0.15) is 8.78 Å². The first kappa shape index (κ1) is 11.3. The van der Waals surface area contributed by atoms with Gasteiger partial charge in [0.15, 0.2) is 0 Å². The maximum Gasteiger partial charge on any atom is 0.387 e. The van der Waals surface area contributed by atoms with Gasteiger partial charge in [0.2, 0.25) is 0 Å². The Morgan fingerprint density at radius 3 is 2.75 bits per heavy atom. The van der Waals surface area contributed by atoms with Gasteiger partial charge in [0.25, 0.3) is 0 Å². The first-order valence-corrected chi connectivity index (χ1v) is 5.14. The third kappa shape index (κ3) is 2.47. The monoisotopic (exact) mass is 231 g/mol. The fourth-order valence-corrected chi connectivity index (χ4v) is 1.92. The molecule has 0 saturated carbocycles. The highest BCUT2D eigenvalue weighted by Gasteiger charge is 2.20. The van der Waals surface area contributed by atoms with E-state index in [0.29, 0.717) is 5.56 Å². The Balaban J connectivity index is 2.15. The van der Waals surface area contributed by atoms with Gasteiger partial charge in [0.1, 0.15) is 11.6 Å². The molecule has 1 fully saturated rings. The largest absolute Gasteiger partial charge is 0.435 e. The molecule has 0 aliphatic carbocycles. The van der Waals surface area contributed by atoms with E-state index in [2.05, 4.69) is 10.1 Å². The predicted molar refractivity (Wildman–Crippen MR) is 53.0 cm³/mol. The SMILES string of the molecule is Fc1cc(OC(F)F)ccc1C1CCCN1. The highest BCUT2D eigenvalue weighted by molar-refractivity contribution is 5.31. The van der Waals surface area contributed by atoms with Crippen molar-refractivity contribution in [1.82, 2.24) is 5.32 Å². The third-order valence-electron chi connectivity index (χ3n) is 2.63. The molecule has 5 heteroatoms. The molecule has 1 saturated heterocycles. The topological polar surface area (TPSA) is 21.3 Å². The van der Waals surface area contributed by atoms with E-state index in [4.69, 9.17) is 0 Å². The van der Waals surface area contributed by atoms with E-state index in [9.17, 15) is 13.2 Å². The molecule has 1 aliphatic rings. The molecule has 0 aromatic heterocycles. The molecule has 1 heterocycles. The highest BCUT2D eigenvalue weighted by Crippen LogP contribution is 2.28. The number of hydrogen-bond acceptors (Lipinski definition) is 2. The van der Waals surface area contributed by atoms with E-state index in [0.717, 1.165) is 25.5 Å². The number of ether oxygens (including phenoxy) is 1. The summed E-state index contributed by atoms with van der Waals surface area (Å²) in [5.41, 5.74) is 0.513. The number of nitrogens with one attached hydrogen (secondary N) is 1. The van der Waals surface area contributed by atoms with Gasteiger partial charge in [0.05, 0.1) is 0 Å². The molecule has 1 N–H and O–H groups in total. The molecule has 0 spiro atoms. The van der Waals surface area contributed by atoms with Crippen LogP contribution in [0.2, 0.25) is 0 Å². The zero-order valence-electron chi connectivity index (χ0n) is 8.55. The predicted octanol–water partition coefficient (Wildman–Crippen LogP) is 2.85. The Kier molecular flexibility index (Phi) is 3.33. The summed E-state index contributed by atoms with van der Waals surface area (Å²) < 4.78 is 41.5. The molecule has 1 aromatic carbocycles. The van der Waals surface area contributed by atoms with Gasteiger partial charge >= 0.3 is 6.61 Å². The average Bonchev–Trinajstić information content (AvgIpc) is 2.69. The van der Waals surface area contributed by atoms with Gasteiger partial charge in [-0.1, -0.05) is 6.07 Å². The summed E-state index contributed by atoms with van der Waals surface area (Å²) in [7, 11) is 0. The molecule has 16 heavy (non-hydrogen) atoms. The molecule has 1 unspecified atom stereocenters. The van der Waals surface area contributed by atoms with Crippen LogP contribution in [0.5, 0.6) is 5.75 Å². The van der Waals surface area contributed by atoms with Gasteiger partial charge in [0, 0.05) is 17.7 Å². The molecule has 1 atom stereocenters. The smallest absolute Gasteiger partial charge is 0.387 e. The molecule has 2 rings (SSSR count). The molecule has 2 nitrogen and oxygen atoms in total. The minimum atomic E-state index is -2.92. The summed E-state index contributed by atoms with van der Waals surface area (Å²) in [6.07, 6.45) is 1.87. The number of hydrogen-bond donors (Lipinski definition) is 1. The summed E-state index contributed by atoms with van der Waals surface area (Å²) in [5.74, 6) is -0.646. The van der Waals surface area contributed by atoms with Crippen molar-refractivity contribution in [3.63, 3.8) is 0 Å². The Labute approximate surface area is 91.4 Å². The van der Waals surface area contributed by atoms with Crippen molar-refractivity contribution in [2.75, 3.05) is 6.54 Å². The number of halogens is 3. The van der Waals surface area contributed by atoms with Crippen LogP contribution in [0.4, 0.5) is 13.2 Å². The van der Waals surface area contributed by atoms with Crippen LogP contribution < -0.4 is 10.1 Å². The van der Waals surface area contributed by atoms with E-state index in [1.54, 1.807) is 0 Å². The normalized spacial score (nSPS) is 20.4. The summed E-state index contributed by atoms with van der Waals surface area (Å²) in [6.45, 7) is -2.06. The van der Waals surface area contributed by atoms with E-state index in [1.165, 1.54) is 12.1 Å². The van der Waals surface area contributed by atoms with Crippen LogP contribution in [0, 0.1) is 5.82 Å². The second-order valence-electron chi connectivity index (χ2n) is 3.71. The van der Waals surface area contributed by atoms with Crippen LogP contribution in [0.3, 0.4) is 0 Å². The van der Waals surface area contributed by atoms with E-state index < -0.39 is 12.4 Å². The van der Waals surface area contributed by atoms with Crippen molar-refractivity contribution in [1.29, 1.82) is 0 Å². The maximum atomic E-state index is 13.6. The van der Waals surface area contributed by atoms with Crippen LogP contribution in [0.15, 0.2) is 18.2 Å². The van der Waals surface area contributed by atoms with Gasteiger partial charge in [-0.3, -0.25) is 0 Å². The Hall–Kier alpha value is -1.23. The van der Waals surface area contributed by atoms with Crippen molar-refractivity contribution < 1.29 is 17.9 Å². The summed E-state index contributed by atoms with van der Waals surface area (Å²) >= 11 is 0. The van der Waals surface area contributed by atoms with Crippen LogP contribution in [0.1, 0.15) is 24.4 Å². The Morgan fingerprint density at radius 2 is 2.19 bits per heavy atom. The van der Waals surface area contributed by atoms with Gasteiger partial charge in [-0.25, -0.2) is 4.39 Å².